The maximum Gasteiger partial charge on any atom is 0.251 e. The van der Waals surface area contributed by atoms with Gasteiger partial charge in [-0.2, -0.15) is 0 Å². The number of likely N-dealkylation sites (tertiary alicyclic amines) is 1. The molecule has 0 saturated carbocycles. The lowest BCUT2D eigenvalue weighted by Crippen LogP contribution is -2.55. The Kier molecular flexibility index (Phi) is 9.85. The number of benzene rings is 2. The summed E-state index contributed by atoms with van der Waals surface area (Å²) in [5, 5.41) is 9.98. The molecule has 3 amide bonds. The maximum absolute atomic E-state index is 14.6. The van der Waals surface area contributed by atoms with E-state index in [0.717, 1.165) is 36.4 Å². The second kappa shape index (κ2) is 13.6. The Balaban J connectivity index is 1.48. The first-order valence-electron chi connectivity index (χ1n) is 15.6. The van der Waals surface area contributed by atoms with Gasteiger partial charge in [0.05, 0.1) is 23.2 Å². The molecule has 3 saturated heterocycles. The van der Waals surface area contributed by atoms with Crippen molar-refractivity contribution in [2.24, 2.45) is 11.8 Å². The van der Waals surface area contributed by atoms with E-state index in [9.17, 15) is 19.5 Å². The normalized spacial score (nSPS) is 25.1. The van der Waals surface area contributed by atoms with Crippen LogP contribution >= 0.6 is 11.8 Å². The summed E-state index contributed by atoms with van der Waals surface area (Å²) < 4.78 is -0.735. The highest BCUT2D eigenvalue weighted by atomic mass is 32.2. The Bertz CT molecular complexity index is 1360. The first-order valence-corrected chi connectivity index (χ1v) is 16.5. The van der Waals surface area contributed by atoms with Gasteiger partial charge in [-0.1, -0.05) is 42.5 Å². The summed E-state index contributed by atoms with van der Waals surface area (Å²) >= 11 is 1.64. The molecule has 2 unspecified atom stereocenters. The van der Waals surface area contributed by atoms with Crippen LogP contribution in [0.3, 0.4) is 0 Å². The molecule has 5 atom stereocenters. The van der Waals surface area contributed by atoms with E-state index in [2.05, 4.69) is 31.9 Å². The van der Waals surface area contributed by atoms with E-state index in [1.54, 1.807) is 38.6 Å². The van der Waals surface area contributed by atoms with E-state index in [1.807, 2.05) is 54.6 Å². The summed E-state index contributed by atoms with van der Waals surface area (Å²) in [6.45, 7) is 14.6. The largest absolute Gasteiger partial charge is 0.395 e. The van der Waals surface area contributed by atoms with Crippen LogP contribution in [0.25, 0.3) is 0 Å². The second-order valence-electron chi connectivity index (χ2n) is 11.7. The zero-order valence-corrected chi connectivity index (χ0v) is 26.6. The van der Waals surface area contributed by atoms with E-state index in [1.165, 1.54) is 0 Å². The molecule has 5 rings (SSSR count). The third-order valence-corrected chi connectivity index (χ3v) is 11.4. The summed E-state index contributed by atoms with van der Waals surface area (Å²) in [6.07, 6.45) is 4.84. The first-order chi connectivity index (χ1) is 21.3. The maximum atomic E-state index is 14.6. The predicted octanol–water partition coefficient (Wildman–Crippen LogP) is 4.35. The van der Waals surface area contributed by atoms with Crippen molar-refractivity contribution in [2.45, 2.75) is 49.3 Å². The van der Waals surface area contributed by atoms with Crippen LogP contribution < -0.4 is 9.80 Å². The van der Waals surface area contributed by atoms with Gasteiger partial charge in [-0.25, -0.2) is 0 Å². The van der Waals surface area contributed by atoms with Crippen molar-refractivity contribution in [3.63, 3.8) is 0 Å². The number of hydrogen-bond acceptors (Lipinski definition) is 6. The van der Waals surface area contributed by atoms with Crippen LogP contribution in [0.4, 0.5) is 11.4 Å². The highest BCUT2D eigenvalue weighted by Gasteiger charge is 2.74. The van der Waals surface area contributed by atoms with Gasteiger partial charge in [-0.3, -0.25) is 14.4 Å². The topological polar surface area (TPSA) is 84.4 Å². The summed E-state index contributed by atoms with van der Waals surface area (Å²) in [5.74, 6) is -1.64. The number of rotatable bonds is 14. The fourth-order valence-corrected chi connectivity index (χ4v) is 9.70. The number of carbonyl (C=O) groups is 3. The second-order valence-corrected chi connectivity index (χ2v) is 13.3. The number of β-amino-alcohol motifs (C(OH)–C–C–N with tert-alkyl or cyclic N) is 1. The molecule has 3 aliphatic heterocycles. The van der Waals surface area contributed by atoms with E-state index in [0.29, 0.717) is 19.5 Å². The van der Waals surface area contributed by atoms with E-state index in [-0.39, 0.29) is 42.7 Å². The summed E-state index contributed by atoms with van der Waals surface area (Å²) in [5.41, 5.74) is 2.81. The van der Waals surface area contributed by atoms with Crippen molar-refractivity contribution < 1.29 is 19.5 Å². The Morgan fingerprint density at radius 1 is 1.00 bits per heavy atom. The van der Waals surface area contributed by atoms with E-state index < -0.39 is 22.6 Å². The van der Waals surface area contributed by atoms with Crippen LogP contribution in [0.1, 0.15) is 32.3 Å². The van der Waals surface area contributed by atoms with Crippen LogP contribution in [-0.4, -0.2) is 88.0 Å². The van der Waals surface area contributed by atoms with E-state index >= 15 is 0 Å². The number of aliphatic hydroxyl groups is 1. The van der Waals surface area contributed by atoms with Gasteiger partial charge in [-0.05, 0) is 56.5 Å². The first kappa shape index (κ1) is 31.9. The molecule has 0 aromatic heterocycles. The van der Waals surface area contributed by atoms with Crippen molar-refractivity contribution in [3.8, 4) is 0 Å². The quantitative estimate of drug-likeness (QED) is 0.318. The molecule has 1 N–H and O–H groups in total. The van der Waals surface area contributed by atoms with Crippen LogP contribution in [0.15, 0.2) is 79.9 Å². The fraction of sp³-hybridized carbons (Fsp3) is 0.457. The number of thioether (sulfide) groups is 1. The molecule has 0 radical (unpaired) electrons. The lowest BCUT2D eigenvalue weighted by atomic mass is 9.70. The molecule has 0 aliphatic carbocycles. The van der Waals surface area contributed by atoms with Gasteiger partial charge in [0.2, 0.25) is 11.8 Å². The van der Waals surface area contributed by atoms with Gasteiger partial charge in [-0.15, -0.1) is 24.9 Å². The number of nitrogens with zero attached hydrogens (tertiary/aromatic N) is 4. The Hall–Kier alpha value is -3.56. The molecule has 3 fully saturated rings. The lowest BCUT2D eigenvalue weighted by molar-refractivity contribution is -0.144. The molecular weight excluding hydrogens is 572 g/mol. The highest BCUT2D eigenvalue weighted by molar-refractivity contribution is 8.02. The van der Waals surface area contributed by atoms with Crippen molar-refractivity contribution in [2.75, 3.05) is 49.1 Å². The molecule has 3 aliphatic rings. The molecule has 234 valence electrons. The number of fused-ring (bicyclic) bond motifs is 1. The van der Waals surface area contributed by atoms with Crippen molar-refractivity contribution in [1.82, 2.24) is 9.80 Å². The monoisotopic (exact) mass is 616 g/mol. The standard InChI is InChI=1S/C35H44N4O4S/c1-5-20-37(24-25-12-10-9-11-13-25)32(41)29-28-18-19-35(44-28)30(29)33(42)39(22-23-40)31(35)34(43)38(21-6-2)27-16-14-26(15-17-27)36(7-3)8-4/h5-6,9-17,28-31,40H,1-2,7-8,18-24H2,3-4H3/t28-,29+,30+,31?,35?/m1/s1. The molecule has 1 spiro atoms. The van der Waals surface area contributed by atoms with Gasteiger partial charge >= 0.3 is 0 Å². The third kappa shape index (κ3) is 5.56. The van der Waals surface area contributed by atoms with Gasteiger partial charge in [0, 0.05) is 55.9 Å². The summed E-state index contributed by atoms with van der Waals surface area (Å²) in [6, 6.07) is 17.0. The molecule has 2 aromatic carbocycles. The minimum absolute atomic E-state index is 0.0445. The summed E-state index contributed by atoms with van der Waals surface area (Å²) in [7, 11) is 0. The van der Waals surface area contributed by atoms with Crippen LogP contribution in [0.2, 0.25) is 0 Å². The van der Waals surface area contributed by atoms with Crippen molar-refractivity contribution in [3.05, 3.63) is 85.5 Å². The third-order valence-electron chi connectivity index (χ3n) is 9.41. The molecule has 8 nitrogen and oxygen atoms in total. The Labute approximate surface area is 265 Å². The smallest absolute Gasteiger partial charge is 0.251 e. The SMILES string of the molecule is C=CCN(Cc1ccccc1)C(=O)[C@@H]1[C@H]2C(=O)N(CCO)C(C(=O)N(CC=C)c3ccc(N(CC)CC)cc3)C23CC[C@H]1S3. The fourth-order valence-electron chi connectivity index (χ4n) is 7.50. The average molecular weight is 617 g/mol. The van der Waals surface area contributed by atoms with Crippen LogP contribution in [-0.2, 0) is 20.9 Å². The molecule has 9 heteroatoms. The van der Waals surface area contributed by atoms with Crippen molar-refractivity contribution >= 4 is 40.9 Å². The number of amides is 3. The summed E-state index contributed by atoms with van der Waals surface area (Å²) in [4.78, 5) is 50.4. The molecule has 2 aromatic rings. The number of anilines is 2. The van der Waals surface area contributed by atoms with Gasteiger partial charge in [0.1, 0.15) is 6.04 Å². The minimum atomic E-state index is -0.788. The number of aliphatic hydroxyl groups excluding tert-OH is 1. The average Bonchev–Trinajstić information content (AvgIpc) is 3.68. The lowest BCUT2D eigenvalue weighted by Gasteiger charge is -2.37. The minimum Gasteiger partial charge on any atom is -0.395 e. The van der Waals surface area contributed by atoms with Crippen LogP contribution in [0.5, 0.6) is 0 Å². The zero-order valence-electron chi connectivity index (χ0n) is 25.8. The molecule has 2 bridgehead atoms. The molecule has 44 heavy (non-hydrogen) atoms. The van der Waals surface area contributed by atoms with E-state index in [4.69, 9.17) is 0 Å². The number of carbonyl (C=O) groups excluding carboxylic acids is 3. The Morgan fingerprint density at radius 3 is 2.27 bits per heavy atom. The highest BCUT2D eigenvalue weighted by Crippen LogP contribution is 2.66. The number of hydrogen-bond donors (Lipinski definition) is 1. The molecule has 3 heterocycles. The van der Waals surface area contributed by atoms with Gasteiger partial charge < -0.3 is 24.7 Å². The zero-order chi connectivity index (χ0) is 31.4. The van der Waals surface area contributed by atoms with Gasteiger partial charge in [0.15, 0.2) is 0 Å². The van der Waals surface area contributed by atoms with Gasteiger partial charge in [0.25, 0.3) is 5.91 Å². The Morgan fingerprint density at radius 2 is 1.66 bits per heavy atom. The van der Waals surface area contributed by atoms with Crippen molar-refractivity contribution in [1.29, 1.82) is 0 Å². The van der Waals surface area contributed by atoms with Crippen LogP contribution in [0, 0.1) is 11.8 Å². The predicted molar refractivity (Wildman–Crippen MR) is 178 cm³/mol. The molecular formula is C35H44N4O4S.